The van der Waals surface area contributed by atoms with Gasteiger partial charge in [-0.1, -0.05) is 30.3 Å². The molecule has 2 aromatic rings. The Bertz CT molecular complexity index is 548. The minimum Gasteiger partial charge on any atom is -0.464 e. The normalized spacial score (nSPS) is 10.4. The van der Waals surface area contributed by atoms with Gasteiger partial charge in [-0.05, 0) is 12.5 Å². The molecule has 0 atom stereocenters. The number of rotatable bonds is 5. The number of ether oxygens (including phenoxy) is 2. The Morgan fingerprint density at radius 1 is 1.26 bits per heavy atom. The molecule has 0 aliphatic heterocycles. The molecule has 0 aliphatic carbocycles. The highest BCUT2D eigenvalue weighted by Crippen LogP contribution is 2.12. The van der Waals surface area contributed by atoms with Gasteiger partial charge in [0.25, 0.3) is 0 Å². The Labute approximate surface area is 111 Å². The van der Waals surface area contributed by atoms with Gasteiger partial charge in [0.15, 0.2) is 5.69 Å². The van der Waals surface area contributed by atoms with Gasteiger partial charge in [0.05, 0.1) is 13.7 Å². The van der Waals surface area contributed by atoms with Crippen LogP contribution in [0.4, 0.5) is 0 Å². The van der Waals surface area contributed by atoms with Crippen molar-refractivity contribution in [3.63, 3.8) is 0 Å². The Balaban J connectivity index is 1.92. The van der Waals surface area contributed by atoms with Crippen LogP contribution in [0.15, 0.2) is 34.7 Å². The van der Waals surface area contributed by atoms with Gasteiger partial charge in [0.1, 0.15) is 12.4 Å². The molecule has 0 unspecified atom stereocenters. The summed E-state index contributed by atoms with van der Waals surface area (Å²) in [5.74, 6) is 0.301. The number of nitrogens with zero attached hydrogens (tertiary/aromatic N) is 1. The van der Waals surface area contributed by atoms with E-state index < -0.39 is 5.97 Å². The Kier molecular flexibility index (Phi) is 4.30. The van der Waals surface area contributed by atoms with Crippen molar-refractivity contribution in [2.24, 2.45) is 0 Å². The van der Waals surface area contributed by atoms with Crippen molar-refractivity contribution in [2.45, 2.75) is 20.1 Å². The maximum atomic E-state index is 11.4. The largest absolute Gasteiger partial charge is 0.464 e. The average molecular weight is 261 g/mol. The molecule has 0 radical (unpaired) electrons. The minimum atomic E-state index is -0.504. The van der Waals surface area contributed by atoms with Crippen LogP contribution in [0.5, 0.6) is 0 Å². The summed E-state index contributed by atoms with van der Waals surface area (Å²) in [6.45, 7) is 2.35. The van der Waals surface area contributed by atoms with Crippen molar-refractivity contribution in [1.82, 2.24) is 4.98 Å². The summed E-state index contributed by atoms with van der Waals surface area (Å²) >= 11 is 0. The molecule has 19 heavy (non-hydrogen) atoms. The van der Waals surface area contributed by atoms with Crippen molar-refractivity contribution in [3.8, 4) is 0 Å². The lowest BCUT2D eigenvalue weighted by Gasteiger charge is -2.01. The zero-order valence-electron chi connectivity index (χ0n) is 10.9. The van der Waals surface area contributed by atoms with Gasteiger partial charge >= 0.3 is 5.97 Å². The van der Waals surface area contributed by atoms with E-state index in [4.69, 9.17) is 9.15 Å². The fraction of sp³-hybridized carbons (Fsp3) is 0.286. The van der Waals surface area contributed by atoms with Crippen molar-refractivity contribution >= 4 is 5.97 Å². The quantitative estimate of drug-likeness (QED) is 0.774. The molecule has 0 amide bonds. The zero-order chi connectivity index (χ0) is 13.7. The number of hydrogen-bond acceptors (Lipinski definition) is 5. The third-order valence-corrected chi connectivity index (χ3v) is 2.56. The number of hydrogen-bond donors (Lipinski definition) is 0. The summed E-state index contributed by atoms with van der Waals surface area (Å²) in [6, 6.07) is 9.79. The predicted molar refractivity (Wildman–Crippen MR) is 67.5 cm³/mol. The summed E-state index contributed by atoms with van der Waals surface area (Å²) in [7, 11) is 1.31. The van der Waals surface area contributed by atoms with Crippen molar-refractivity contribution in [2.75, 3.05) is 7.11 Å². The molecule has 0 bridgehead atoms. The molecule has 2 rings (SSSR count). The predicted octanol–water partition coefficient (Wildman–Crippen LogP) is 2.49. The third-order valence-electron chi connectivity index (χ3n) is 2.56. The minimum absolute atomic E-state index is 0.195. The lowest BCUT2D eigenvalue weighted by Crippen LogP contribution is -2.03. The van der Waals surface area contributed by atoms with E-state index >= 15 is 0 Å². The van der Waals surface area contributed by atoms with Gasteiger partial charge < -0.3 is 13.9 Å². The van der Waals surface area contributed by atoms with Crippen LogP contribution >= 0.6 is 0 Å². The van der Waals surface area contributed by atoms with Crippen LogP contribution in [0.25, 0.3) is 0 Å². The molecule has 5 nitrogen and oxygen atoms in total. The topological polar surface area (TPSA) is 61.6 Å². The molecule has 1 heterocycles. The molecule has 0 spiro atoms. The van der Waals surface area contributed by atoms with Crippen LogP contribution in [0.3, 0.4) is 0 Å². The van der Waals surface area contributed by atoms with Crippen molar-refractivity contribution in [3.05, 3.63) is 53.2 Å². The molecule has 0 N–H and O–H groups in total. The lowest BCUT2D eigenvalue weighted by molar-refractivity contribution is 0.0592. The van der Waals surface area contributed by atoms with E-state index in [1.54, 1.807) is 6.92 Å². The first kappa shape index (κ1) is 13.3. The second-order valence-corrected chi connectivity index (χ2v) is 3.98. The maximum Gasteiger partial charge on any atom is 0.360 e. The van der Waals surface area contributed by atoms with E-state index in [0.29, 0.717) is 18.3 Å². The van der Waals surface area contributed by atoms with Gasteiger partial charge in [0, 0.05) is 0 Å². The molecular weight excluding hydrogens is 246 g/mol. The van der Waals surface area contributed by atoms with E-state index in [1.807, 2.05) is 30.3 Å². The van der Waals surface area contributed by atoms with Crippen molar-refractivity contribution in [1.29, 1.82) is 0 Å². The molecule has 0 saturated heterocycles. The molecule has 0 saturated carbocycles. The SMILES string of the molecule is COC(=O)c1nc(COCc2ccccc2)oc1C. The summed E-state index contributed by atoms with van der Waals surface area (Å²) < 4.78 is 15.4. The van der Waals surface area contributed by atoms with Crippen LogP contribution < -0.4 is 0 Å². The molecule has 0 fully saturated rings. The second-order valence-electron chi connectivity index (χ2n) is 3.98. The number of carbonyl (C=O) groups excluding carboxylic acids is 1. The molecule has 0 aliphatic rings. The Morgan fingerprint density at radius 2 is 2.00 bits per heavy atom. The first-order valence-corrected chi connectivity index (χ1v) is 5.87. The summed E-state index contributed by atoms with van der Waals surface area (Å²) in [4.78, 5) is 15.4. The highest BCUT2D eigenvalue weighted by molar-refractivity contribution is 5.88. The molecule has 1 aromatic heterocycles. The molecule has 100 valence electrons. The highest BCUT2D eigenvalue weighted by atomic mass is 16.5. The Morgan fingerprint density at radius 3 is 2.68 bits per heavy atom. The fourth-order valence-corrected chi connectivity index (χ4v) is 1.63. The van der Waals surface area contributed by atoms with Gasteiger partial charge in [-0.3, -0.25) is 0 Å². The lowest BCUT2D eigenvalue weighted by atomic mass is 10.2. The number of aromatic nitrogens is 1. The highest BCUT2D eigenvalue weighted by Gasteiger charge is 2.17. The van der Waals surface area contributed by atoms with Gasteiger partial charge in [0.2, 0.25) is 5.89 Å². The van der Waals surface area contributed by atoms with E-state index in [0.717, 1.165) is 5.56 Å². The second kappa shape index (κ2) is 6.15. The smallest absolute Gasteiger partial charge is 0.360 e. The summed E-state index contributed by atoms with van der Waals surface area (Å²) in [5.41, 5.74) is 1.26. The number of methoxy groups -OCH3 is 1. The van der Waals surface area contributed by atoms with Crippen LogP contribution in [0.1, 0.15) is 27.7 Å². The Hall–Kier alpha value is -2.14. The number of carbonyl (C=O) groups is 1. The summed E-state index contributed by atoms with van der Waals surface area (Å²) in [5, 5.41) is 0. The number of aryl methyl sites for hydroxylation is 1. The maximum absolute atomic E-state index is 11.4. The monoisotopic (exact) mass is 261 g/mol. The van der Waals surface area contributed by atoms with Crippen LogP contribution in [-0.2, 0) is 22.7 Å². The summed E-state index contributed by atoms with van der Waals surface area (Å²) in [6.07, 6.45) is 0. The van der Waals surface area contributed by atoms with E-state index in [9.17, 15) is 4.79 Å². The number of benzene rings is 1. The van der Waals surface area contributed by atoms with Gasteiger partial charge in [-0.15, -0.1) is 0 Å². The molecular formula is C14H15NO4. The van der Waals surface area contributed by atoms with Gasteiger partial charge in [-0.2, -0.15) is 0 Å². The van der Waals surface area contributed by atoms with E-state index in [1.165, 1.54) is 7.11 Å². The average Bonchev–Trinajstić information content (AvgIpc) is 2.80. The first-order valence-electron chi connectivity index (χ1n) is 5.87. The number of oxazole rings is 1. The van der Waals surface area contributed by atoms with Crippen LogP contribution in [0, 0.1) is 6.92 Å². The van der Waals surface area contributed by atoms with E-state index in [2.05, 4.69) is 9.72 Å². The molecule has 5 heteroatoms. The van der Waals surface area contributed by atoms with Crippen LogP contribution in [-0.4, -0.2) is 18.1 Å². The van der Waals surface area contributed by atoms with Crippen LogP contribution in [0.2, 0.25) is 0 Å². The van der Waals surface area contributed by atoms with E-state index in [-0.39, 0.29) is 12.3 Å². The van der Waals surface area contributed by atoms with Crippen molar-refractivity contribution < 1.29 is 18.7 Å². The third kappa shape index (κ3) is 3.42. The fourth-order valence-electron chi connectivity index (χ4n) is 1.63. The standard InChI is InChI=1S/C14H15NO4/c1-10-13(14(16)17-2)15-12(19-10)9-18-8-11-6-4-3-5-7-11/h3-7H,8-9H2,1-2H3. The zero-order valence-corrected chi connectivity index (χ0v) is 10.9. The van der Waals surface area contributed by atoms with Gasteiger partial charge in [-0.25, -0.2) is 9.78 Å². The molecule has 1 aromatic carbocycles. The number of esters is 1. The first-order chi connectivity index (χ1) is 9.20.